The molecule has 0 saturated carbocycles. The van der Waals surface area contributed by atoms with Crippen LogP contribution in [0, 0.1) is 13.8 Å². The molecule has 0 atom stereocenters. The molecule has 3 rings (SSSR count). The first-order chi connectivity index (χ1) is 11.8. The second-order valence-electron chi connectivity index (χ2n) is 5.41. The van der Waals surface area contributed by atoms with Gasteiger partial charge in [0.25, 0.3) is 0 Å². The Hall–Kier alpha value is -1.93. The number of hydrogen-bond donors (Lipinski definition) is 0. The van der Waals surface area contributed by atoms with Gasteiger partial charge >= 0.3 is 6.18 Å². The molecule has 130 valence electrons. The number of benzene rings is 1. The van der Waals surface area contributed by atoms with E-state index in [0.717, 1.165) is 21.5 Å². The molecule has 0 radical (unpaired) electrons. The van der Waals surface area contributed by atoms with Gasteiger partial charge in [-0.1, -0.05) is 30.0 Å². The number of carbonyl (C=O) groups excluding carboxylic acids is 1. The molecule has 0 saturated heterocycles. The molecule has 25 heavy (non-hydrogen) atoms. The monoisotopic (exact) mass is 382 g/mol. The maximum atomic E-state index is 13.0. The van der Waals surface area contributed by atoms with E-state index in [2.05, 4.69) is 9.97 Å². The van der Waals surface area contributed by atoms with Crippen LogP contribution in [0.5, 0.6) is 0 Å². The highest BCUT2D eigenvalue weighted by molar-refractivity contribution is 8.00. The number of aromatic nitrogens is 2. The van der Waals surface area contributed by atoms with Crippen LogP contribution in [0.2, 0.25) is 0 Å². The van der Waals surface area contributed by atoms with Crippen molar-refractivity contribution in [2.24, 2.45) is 0 Å². The molecular formula is C17H13F3N2OS2. The fraction of sp³-hybridized carbons (Fsp3) is 0.235. The topological polar surface area (TPSA) is 42.9 Å². The van der Waals surface area contributed by atoms with Crippen molar-refractivity contribution >= 4 is 39.8 Å². The molecule has 0 unspecified atom stereocenters. The fourth-order valence-electron chi connectivity index (χ4n) is 2.40. The van der Waals surface area contributed by atoms with Crippen LogP contribution in [-0.4, -0.2) is 21.5 Å². The Kier molecular flexibility index (Phi) is 4.83. The van der Waals surface area contributed by atoms with Gasteiger partial charge in [0.05, 0.1) is 11.3 Å². The molecule has 0 amide bonds. The zero-order chi connectivity index (χ0) is 18.2. The summed E-state index contributed by atoms with van der Waals surface area (Å²) in [6, 6.07) is 8.29. The van der Waals surface area contributed by atoms with E-state index in [-0.39, 0.29) is 22.1 Å². The maximum absolute atomic E-state index is 13.0. The van der Waals surface area contributed by atoms with E-state index in [1.54, 1.807) is 18.2 Å². The second-order valence-corrected chi connectivity index (χ2v) is 7.83. The number of halogens is 3. The third-order valence-electron chi connectivity index (χ3n) is 3.50. The number of rotatable bonds is 4. The molecule has 0 fully saturated rings. The molecule has 2 aromatic heterocycles. The minimum absolute atomic E-state index is 0.0231. The molecule has 3 aromatic rings. The zero-order valence-corrected chi connectivity index (χ0v) is 15.0. The van der Waals surface area contributed by atoms with Crippen molar-refractivity contribution < 1.29 is 18.0 Å². The van der Waals surface area contributed by atoms with Crippen molar-refractivity contribution in [2.45, 2.75) is 25.0 Å². The first-order valence-electron chi connectivity index (χ1n) is 7.32. The molecule has 0 aliphatic carbocycles. The van der Waals surface area contributed by atoms with E-state index in [0.29, 0.717) is 10.9 Å². The number of thioether (sulfide) groups is 1. The first kappa shape index (κ1) is 17.9. The molecule has 0 aliphatic rings. The smallest absolute Gasteiger partial charge is 0.293 e. The van der Waals surface area contributed by atoms with E-state index in [1.807, 2.05) is 19.9 Å². The SMILES string of the molecule is Cc1cc(C(=O)CSc2nc(C(F)(F)F)nc3ccccc23)c(C)s1. The van der Waals surface area contributed by atoms with Crippen molar-refractivity contribution in [1.82, 2.24) is 9.97 Å². The first-order valence-corrected chi connectivity index (χ1v) is 9.13. The Morgan fingerprint density at radius 3 is 2.56 bits per heavy atom. The van der Waals surface area contributed by atoms with Crippen LogP contribution in [0.25, 0.3) is 10.9 Å². The number of carbonyl (C=O) groups is 1. The average molecular weight is 382 g/mol. The van der Waals surface area contributed by atoms with Crippen molar-refractivity contribution in [2.75, 3.05) is 5.75 Å². The van der Waals surface area contributed by atoms with Gasteiger partial charge in [-0.2, -0.15) is 13.2 Å². The van der Waals surface area contributed by atoms with Gasteiger partial charge in [-0.05, 0) is 26.0 Å². The molecular weight excluding hydrogens is 369 g/mol. The third-order valence-corrected chi connectivity index (χ3v) is 5.46. The number of aryl methyl sites for hydroxylation is 2. The lowest BCUT2D eigenvalue weighted by Crippen LogP contribution is -2.12. The summed E-state index contributed by atoms with van der Waals surface area (Å²) in [5.74, 6) is -1.29. The zero-order valence-electron chi connectivity index (χ0n) is 13.3. The predicted molar refractivity (Wildman–Crippen MR) is 93.4 cm³/mol. The minimum atomic E-state index is -4.63. The molecule has 0 N–H and O–H groups in total. The summed E-state index contributed by atoms with van der Waals surface area (Å²) >= 11 is 2.53. The number of nitrogens with zero attached hydrogens (tertiary/aromatic N) is 2. The Balaban J connectivity index is 1.92. The summed E-state index contributed by atoms with van der Waals surface area (Å²) in [5.41, 5.74) is 0.826. The van der Waals surface area contributed by atoms with E-state index < -0.39 is 12.0 Å². The number of ketones is 1. The molecule has 0 aliphatic heterocycles. The summed E-state index contributed by atoms with van der Waals surface area (Å²) in [5, 5.41) is 0.669. The molecule has 1 aromatic carbocycles. The molecule has 0 spiro atoms. The van der Waals surface area contributed by atoms with Crippen LogP contribution in [0.3, 0.4) is 0 Å². The van der Waals surface area contributed by atoms with Gasteiger partial charge in [0.15, 0.2) is 5.78 Å². The Bertz CT molecular complexity index is 951. The largest absolute Gasteiger partial charge is 0.451 e. The van der Waals surface area contributed by atoms with Crippen LogP contribution in [0.4, 0.5) is 13.2 Å². The Morgan fingerprint density at radius 1 is 1.20 bits per heavy atom. The van der Waals surface area contributed by atoms with E-state index in [4.69, 9.17) is 0 Å². The number of hydrogen-bond acceptors (Lipinski definition) is 5. The molecule has 3 nitrogen and oxygen atoms in total. The highest BCUT2D eigenvalue weighted by Gasteiger charge is 2.35. The lowest BCUT2D eigenvalue weighted by Gasteiger charge is -2.10. The summed E-state index contributed by atoms with van der Waals surface area (Å²) in [6.45, 7) is 3.77. The summed E-state index contributed by atoms with van der Waals surface area (Å²) in [7, 11) is 0. The van der Waals surface area contributed by atoms with Crippen LogP contribution in [0.15, 0.2) is 35.4 Å². The molecule has 2 heterocycles. The highest BCUT2D eigenvalue weighted by atomic mass is 32.2. The van der Waals surface area contributed by atoms with Crippen molar-refractivity contribution in [3.05, 3.63) is 51.5 Å². The number of fused-ring (bicyclic) bond motifs is 1. The fourth-order valence-corrected chi connectivity index (χ4v) is 4.25. The second kappa shape index (κ2) is 6.76. The lowest BCUT2D eigenvalue weighted by atomic mass is 10.2. The van der Waals surface area contributed by atoms with E-state index >= 15 is 0 Å². The van der Waals surface area contributed by atoms with Gasteiger partial charge in [0, 0.05) is 20.7 Å². The van der Waals surface area contributed by atoms with Crippen molar-refractivity contribution in [1.29, 1.82) is 0 Å². The molecule has 8 heteroatoms. The number of alkyl halides is 3. The van der Waals surface area contributed by atoms with E-state index in [1.165, 1.54) is 17.4 Å². The number of para-hydroxylation sites is 1. The minimum Gasteiger partial charge on any atom is -0.293 e. The van der Waals surface area contributed by atoms with Crippen LogP contribution in [-0.2, 0) is 6.18 Å². The summed E-state index contributed by atoms with van der Waals surface area (Å²) < 4.78 is 39.0. The maximum Gasteiger partial charge on any atom is 0.451 e. The Labute approximate surface area is 150 Å². The van der Waals surface area contributed by atoms with Gasteiger partial charge in [-0.3, -0.25) is 4.79 Å². The highest BCUT2D eigenvalue weighted by Crippen LogP contribution is 2.32. The third kappa shape index (κ3) is 3.85. The summed E-state index contributed by atoms with van der Waals surface area (Å²) in [6.07, 6.45) is -4.63. The van der Waals surface area contributed by atoms with Gasteiger partial charge < -0.3 is 0 Å². The molecule has 0 bridgehead atoms. The Morgan fingerprint density at radius 2 is 1.92 bits per heavy atom. The standard InChI is InChI=1S/C17H13F3N2OS2/c1-9-7-12(10(2)25-9)14(23)8-24-15-11-5-3-4-6-13(11)21-16(22-15)17(18,19)20/h3-7H,8H2,1-2H3. The average Bonchev–Trinajstić information content (AvgIpc) is 2.89. The quantitative estimate of drug-likeness (QED) is 0.349. The van der Waals surface area contributed by atoms with Crippen molar-refractivity contribution in [3.8, 4) is 0 Å². The van der Waals surface area contributed by atoms with Gasteiger partial charge in [0.2, 0.25) is 5.82 Å². The normalized spacial score (nSPS) is 11.9. The van der Waals surface area contributed by atoms with Crippen LogP contribution >= 0.6 is 23.1 Å². The number of Topliss-reactive ketones (excluding diaryl/α,β-unsaturated/α-hetero) is 1. The van der Waals surface area contributed by atoms with Gasteiger partial charge in [-0.25, -0.2) is 9.97 Å². The number of thiophene rings is 1. The van der Waals surface area contributed by atoms with Crippen molar-refractivity contribution in [3.63, 3.8) is 0 Å². The predicted octanol–water partition coefficient (Wildman–Crippen LogP) is 5.30. The van der Waals surface area contributed by atoms with Gasteiger partial charge in [0.1, 0.15) is 5.03 Å². The van der Waals surface area contributed by atoms with E-state index in [9.17, 15) is 18.0 Å². The van der Waals surface area contributed by atoms with Crippen LogP contribution < -0.4 is 0 Å². The summed E-state index contributed by atoms with van der Waals surface area (Å²) in [4.78, 5) is 21.5. The van der Waals surface area contributed by atoms with Crippen LogP contribution in [0.1, 0.15) is 25.9 Å². The van der Waals surface area contributed by atoms with Gasteiger partial charge in [-0.15, -0.1) is 11.3 Å². The lowest BCUT2D eigenvalue weighted by molar-refractivity contribution is -0.145.